The number of hydrogen-bond donors (Lipinski definition) is 0. The summed E-state index contributed by atoms with van der Waals surface area (Å²) >= 11 is 0. The van der Waals surface area contributed by atoms with E-state index in [1.54, 1.807) is 0 Å². The first-order chi connectivity index (χ1) is 8.25. The number of hydrogen-bond acceptors (Lipinski definition) is 0. The molecule has 2 aromatic rings. The average Bonchev–Trinajstić information content (AvgIpc) is 3.14. The van der Waals surface area contributed by atoms with Crippen molar-refractivity contribution in [2.24, 2.45) is 0 Å². The largest absolute Gasteiger partial charge is 1.00 e. The van der Waals surface area contributed by atoms with Crippen LogP contribution in [0.5, 0.6) is 0 Å². The second-order valence-electron chi connectivity index (χ2n) is 3.97. The zero-order valence-corrected chi connectivity index (χ0v) is 11.0. The van der Waals surface area contributed by atoms with Crippen LogP contribution in [0, 0.1) is 0 Å². The molecule has 82 valence electrons. The van der Waals surface area contributed by atoms with Crippen molar-refractivity contribution in [2.75, 3.05) is 0 Å². The Labute approximate surface area is 116 Å². The van der Waals surface area contributed by atoms with E-state index in [0.717, 1.165) is 24.0 Å². The van der Waals surface area contributed by atoms with Crippen LogP contribution >= 0.6 is 0 Å². The van der Waals surface area contributed by atoms with E-state index >= 15 is 0 Å². The van der Waals surface area contributed by atoms with E-state index < -0.39 is 0 Å². The minimum absolute atomic E-state index is 0. The van der Waals surface area contributed by atoms with E-state index in [2.05, 4.69) is 0 Å². The Morgan fingerprint density at radius 1 is 0.938 bits per heavy atom. The molecular weight excluding hydrogens is 309 g/mol. The maximum Gasteiger partial charge on any atom is 0.169 e. The van der Waals surface area contributed by atoms with E-state index in [9.17, 15) is 0 Å². The summed E-state index contributed by atoms with van der Waals surface area (Å²) in [5, 5.41) is 0. The zero-order chi connectivity index (χ0) is 11.8. The summed E-state index contributed by atoms with van der Waals surface area (Å²) in [6.45, 7) is 0. The Hall–Kier alpha value is -0.900. The highest BCUT2D eigenvalue weighted by Crippen LogP contribution is 2.29. The highest BCUT2D eigenvalue weighted by atomic mass is 127. The molecule has 2 heteroatoms. The van der Waals surface area contributed by atoms with Crippen LogP contribution in [-0.2, 0) is 0 Å². The Bertz CT molecular complexity index is 530. The van der Waals surface area contributed by atoms with Crippen LogP contribution in [0.2, 0.25) is 0 Å². The molecule has 0 radical (unpaired) electrons. The maximum atomic E-state index is 8.02. The molecule has 0 unspecified atom stereocenters. The monoisotopic (exact) mass is 325 g/mol. The summed E-state index contributed by atoms with van der Waals surface area (Å²) in [6.07, 6.45) is 3.10. The van der Waals surface area contributed by atoms with Crippen molar-refractivity contribution in [1.29, 1.82) is 0 Å². The van der Waals surface area contributed by atoms with Crippen molar-refractivity contribution < 1.29 is 31.3 Å². The number of aromatic nitrogens is 1. The van der Waals surface area contributed by atoms with Gasteiger partial charge in [-0.2, -0.15) is 0 Å². The van der Waals surface area contributed by atoms with Crippen LogP contribution in [0.25, 0.3) is 11.1 Å². The van der Waals surface area contributed by atoms with E-state index in [0.29, 0.717) is 18.4 Å². The molecule has 1 aromatic carbocycles. The SMILES string of the molecule is [2H]c1cc(-c2ccccc2)cc([2H])[n+]1C1CC1.[I-]. The van der Waals surface area contributed by atoms with Crippen molar-refractivity contribution in [1.82, 2.24) is 0 Å². The predicted octanol–water partition coefficient (Wildman–Crippen LogP) is -0.0200. The smallest absolute Gasteiger partial charge is 0.169 e. The van der Waals surface area contributed by atoms with Gasteiger partial charge in [-0.25, -0.2) is 4.57 Å². The molecule has 1 heterocycles. The lowest BCUT2D eigenvalue weighted by Crippen LogP contribution is -3.00. The lowest BCUT2D eigenvalue weighted by molar-refractivity contribution is -0.700. The highest BCUT2D eigenvalue weighted by Gasteiger charge is 2.30. The van der Waals surface area contributed by atoms with Crippen LogP contribution in [0.3, 0.4) is 0 Å². The first kappa shape index (κ1) is 9.16. The molecule has 1 nitrogen and oxygen atoms in total. The fourth-order valence-corrected chi connectivity index (χ4v) is 1.70. The van der Waals surface area contributed by atoms with Crippen LogP contribution in [0.1, 0.15) is 21.6 Å². The zero-order valence-electron chi connectivity index (χ0n) is 10.9. The standard InChI is InChI=1S/C14H14N.HI/c1-2-4-12(5-3-1)13-8-10-15(11-9-13)14-6-7-14;/h1-5,8-11,14H,6-7H2;1H/q+1;/p-1/i10D,11D;. The average molecular weight is 325 g/mol. The third-order valence-electron chi connectivity index (χ3n) is 2.74. The molecule has 1 fully saturated rings. The molecule has 1 saturated carbocycles. The Morgan fingerprint density at radius 2 is 1.50 bits per heavy atom. The molecule has 0 atom stereocenters. The van der Waals surface area contributed by atoms with E-state index in [-0.39, 0.29) is 24.0 Å². The van der Waals surface area contributed by atoms with Gasteiger partial charge in [-0.15, -0.1) is 0 Å². The van der Waals surface area contributed by atoms with Crippen molar-refractivity contribution in [3.8, 4) is 11.1 Å². The number of nitrogens with zero attached hydrogens (tertiary/aromatic N) is 1. The van der Waals surface area contributed by atoms with E-state index in [4.69, 9.17) is 2.74 Å². The Balaban J connectivity index is 0.00000120. The summed E-state index contributed by atoms with van der Waals surface area (Å²) in [4.78, 5) is 0. The molecule has 3 rings (SSSR count). The molecule has 0 N–H and O–H groups in total. The molecule has 0 aliphatic heterocycles. The van der Waals surface area contributed by atoms with Gasteiger partial charge in [0, 0.05) is 25.0 Å². The van der Waals surface area contributed by atoms with Gasteiger partial charge in [0.05, 0.1) is 0 Å². The van der Waals surface area contributed by atoms with Gasteiger partial charge in [0.1, 0.15) is 2.74 Å². The summed E-state index contributed by atoms with van der Waals surface area (Å²) in [7, 11) is 0. The summed E-state index contributed by atoms with van der Waals surface area (Å²) in [6, 6.07) is 14.0. The van der Waals surface area contributed by atoms with Crippen molar-refractivity contribution >= 4 is 0 Å². The Morgan fingerprint density at radius 3 is 2.06 bits per heavy atom. The minimum atomic E-state index is 0. The second kappa shape index (κ2) is 4.95. The van der Waals surface area contributed by atoms with E-state index in [1.165, 1.54) is 0 Å². The van der Waals surface area contributed by atoms with Gasteiger partial charge in [0.25, 0.3) is 0 Å². The topological polar surface area (TPSA) is 3.88 Å². The number of rotatable bonds is 2. The molecular formula is C14H14IN. The van der Waals surface area contributed by atoms with E-state index in [1.807, 2.05) is 47.0 Å². The van der Waals surface area contributed by atoms with Gasteiger partial charge in [-0.05, 0) is 11.1 Å². The summed E-state index contributed by atoms with van der Waals surface area (Å²) in [5.74, 6) is 0. The van der Waals surface area contributed by atoms with Gasteiger partial charge in [-0.3, -0.25) is 0 Å². The second-order valence-corrected chi connectivity index (χ2v) is 3.97. The van der Waals surface area contributed by atoms with Crippen LogP contribution in [-0.4, -0.2) is 0 Å². The normalized spacial score (nSPS) is 16.0. The molecule has 16 heavy (non-hydrogen) atoms. The van der Waals surface area contributed by atoms with Gasteiger partial charge >= 0.3 is 0 Å². The quantitative estimate of drug-likeness (QED) is 0.540. The lowest BCUT2D eigenvalue weighted by Gasteiger charge is -1.99. The first-order valence-electron chi connectivity index (χ1n) is 6.34. The third-order valence-corrected chi connectivity index (χ3v) is 2.74. The third kappa shape index (κ3) is 2.43. The number of pyridine rings is 1. The molecule has 0 spiro atoms. The van der Waals surface area contributed by atoms with Gasteiger partial charge in [-0.1, -0.05) is 30.3 Å². The maximum absolute atomic E-state index is 8.02. The van der Waals surface area contributed by atoms with Gasteiger partial charge in [0.15, 0.2) is 18.4 Å². The molecule has 1 aliphatic carbocycles. The van der Waals surface area contributed by atoms with Crippen LogP contribution in [0.15, 0.2) is 54.8 Å². The van der Waals surface area contributed by atoms with Crippen molar-refractivity contribution in [3.63, 3.8) is 0 Å². The summed E-state index contributed by atoms with van der Waals surface area (Å²) < 4.78 is 17.8. The molecule has 1 aliphatic rings. The fraction of sp³-hybridized carbons (Fsp3) is 0.214. The van der Waals surface area contributed by atoms with Crippen LogP contribution in [0.4, 0.5) is 0 Å². The lowest BCUT2D eigenvalue weighted by atomic mass is 10.1. The van der Waals surface area contributed by atoms with Crippen molar-refractivity contribution in [3.05, 3.63) is 54.8 Å². The molecule has 0 bridgehead atoms. The van der Waals surface area contributed by atoms with Crippen molar-refractivity contribution in [2.45, 2.75) is 18.9 Å². The first-order valence-corrected chi connectivity index (χ1v) is 5.34. The van der Waals surface area contributed by atoms with Crippen LogP contribution < -0.4 is 28.5 Å². The summed E-state index contributed by atoms with van der Waals surface area (Å²) in [5.41, 5.74) is 2.02. The minimum Gasteiger partial charge on any atom is -1.00 e. The fourth-order valence-electron chi connectivity index (χ4n) is 1.70. The molecule has 0 amide bonds. The predicted molar refractivity (Wildman–Crippen MR) is 60.3 cm³/mol. The van der Waals surface area contributed by atoms with Gasteiger partial charge < -0.3 is 24.0 Å². The highest BCUT2D eigenvalue weighted by molar-refractivity contribution is 5.61. The molecule has 1 aromatic heterocycles. The molecule has 0 saturated heterocycles. The Kier molecular flexibility index (Phi) is 2.84. The number of halogens is 1. The number of benzene rings is 1. The van der Waals surface area contributed by atoms with Gasteiger partial charge in [0.2, 0.25) is 0 Å².